The first-order valence-corrected chi connectivity index (χ1v) is 5.74. The molecule has 0 heteroatoms. The third kappa shape index (κ3) is 3.23. The Balaban J connectivity index is 3.17. The van der Waals surface area contributed by atoms with Crippen LogP contribution in [0, 0.1) is 0 Å². The van der Waals surface area contributed by atoms with Crippen molar-refractivity contribution in [1.29, 1.82) is 0 Å². The first-order valence-electron chi connectivity index (χ1n) is 5.74. The summed E-state index contributed by atoms with van der Waals surface area (Å²) in [5.41, 5.74) is 4.30. The van der Waals surface area contributed by atoms with E-state index in [1.807, 2.05) is 6.08 Å². The van der Waals surface area contributed by atoms with E-state index in [0.717, 1.165) is 6.42 Å². The predicted octanol–water partition coefficient (Wildman–Crippen LogP) is 4.58. The highest BCUT2D eigenvalue weighted by molar-refractivity contribution is 5.51. The van der Waals surface area contributed by atoms with Gasteiger partial charge in [0.1, 0.15) is 0 Å². The normalized spacial score (nSPS) is 11.5. The Bertz CT molecular complexity index is 340. The predicted molar refractivity (Wildman–Crippen MR) is 69.2 cm³/mol. The Labute approximate surface area is 94.0 Å². The molecule has 0 spiro atoms. The van der Waals surface area contributed by atoms with Crippen molar-refractivity contribution in [3.05, 3.63) is 41.5 Å². The van der Waals surface area contributed by atoms with Gasteiger partial charge in [0.15, 0.2) is 0 Å². The molecule has 1 aromatic carbocycles. The molecule has 0 saturated carbocycles. The van der Waals surface area contributed by atoms with E-state index in [-0.39, 0.29) is 5.41 Å². The molecule has 0 saturated heterocycles. The van der Waals surface area contributed by atoms with Crippen molar-refractivity contribution in [1.82, 2.24) is 0 Å². The van der Waals surface area contributed by atoms with E-state index in [0.29, 0.717) is 0 Å². The third-order valence-electron chi connectivity index (χ3n) is 2.66. The highest BCUT2D eigenvalue weighted by atomic mass is 14.2. The average Bonchev–Trinajstić information content (AvgIpc) is 2.16. The van der Waals surface area contributed by atoms with Gasteiger partial charge in [0.25, 0.3) is 0 Å². The Hall–Kier alpha value is -1.04. The molecule has 0 radical (unpaired) electrons. The van der Waals surface area contributed by atoms with E-state index < -0.39 is 0 Å². The molecule has 0 amide bonds. The van der Waals surface area contributed by atoms with Gasteiger partial charge < -0.3 is 0 Å². The highest BCUT2D eigenvalue weighted by Gasteiger charge is 2.14. The van der Waals surface area contributed by atoms with Crippen LogP contribution in [-0.4, -0.2) is 0 Å². The first kappa shape index (κ1) is 12.0. The minimum absolute atomic E-state index is 0.224. The van der Waals surface area contributed by atoms with Crippen molar-refractivity contribution in [2.45, 2.75) is 46.0 Å². The lowest BCUT2D eigenvalue weighted by atomic mass is 9.84. The zero-order valence-corrected chi connectivity index (χ0v) is 10.4. The summed E-state index contributed by atoms with van der Waals surface area (Å²) in [7, 11) is 0. The van der Waals surface area contributed by atoms with Crippen LogP contribution in [0.15, 0.2) is 24.8 Å². The summed E-state index contributed by atoms with van der Waals surface area (Å²) < 4.78 is 0. The maximum atomic E-state index is 3.86. The fraction of sp³-hybridized carbons (Fsp3) is 0.467. The maximum Gasteiger partial charge on any atom is -0.0132 e. The number of aryl methyl sites for hydroxylation is 1. The minimum atomic E-state index is 0.224. The van der Waals surface area contributed by atoms with Crippen LogP contribution in [0.25, 0.3) is 6.08 Å². The van der Waals surface area contributed by atoms with Crippen molar-refractivity contribution in [2.24, 2.45) is 0 Å². The standard InChI is InChI=1S/C15H22/c1-6-8-13-9-12(7-2)10-14(11-13)15(3,4)5/h7,9-11H,2,6,8H2,1,3-5H3. The van der Waals surface area contributed by atoms with Gasteiger partial charge in [-0.1, -0.05) is 65.0 Å². The molecule has 0 atom stereocenters. The molecule has 0 nitrogen and oxygen atoms in total. The van der Waals surface area contributed by atoms with Crippen LogP contribution >= 0.6 is 0 Å². The lowest BCUT2D eigenvalue weighted by molar-refractivity contribution is 0.589. The van der Waals surface area contributed by atoms with Gasteiger partial charge >= 0.3 is 0 Å². The van der Waals surface area contributed by atoms with Crippen molar-refractivity contribution >= 4 is 6.08 Å². The van der Waals surface area contributed by atoms with Gasteiger partial charge in [-0.3, -0.25) is 0 Å². The summed E-state index contributed by atoms with van der Waals surface area (Å²) in [4.78, 5) is 0. The molecule has 0 fully saturated rings. The molecular weight excluding hydrogens is 180 g/mol. The molecule has 0 aliphatic heterocycles. The van der Waals surface area contributed by atoms with Crippen LogP contribution in [0.1, 0.15) is 50.8 Å². The van der Waals surface area contributed by atoms with Crippen LogP contribution in [-0.2, 0) is 11.8 Å². The van der Waals surface area contributed by atoms with Crippen molar-refractivity contribution < 1.29 is 0 Å². The van der Waals surface area contributed by atoms with Crippen LogP contribution in [0.3, 0.4) is 0 Å². The van der Waals surface area contributed by atoms with Crippen LogP contribution in [0.5, 0.6) is 0 Å². The third-order valence-corrected chi connectivity index (χ3v) is 2.66. The van der Waals surface area contributed by atoms with Crippen LogP contribution in [0.4, 0.5) is 0 Å². The van der Waals surface area contributed by atoms with Crippen molar-refractivity contribution in [2.75, 3.05) is 0 Å². The summed E-state index contributed by atoms with van der Waals surface area (Å²) in [6.07, 6.45) is 4.29. The lowest BCUT2D eigenvalue weighted by Gasteiger charge is -2.20. The molecule has 15 heavy (non-hydrogen) atoms. The fourth-order valence-electron chi connectivity index (χ4n) is 1.70. The molecule has 0 N–H and O–H groups in total. The van der Waals surface area contributed by atoms with Gasteiger partial charge in [0, 0.05) is 0 Å². The van der Waals surface area contributed by atoms with E-state index >= 15 is 0 Å². The van der Waals surface area contributed by atoms with E-state index in [2.05, 4.69) is 52.5 Å². The Morgan fingerprint density at radius 2 is 1.87 bits per heavy atom. The highest BCUT2D eigenvalue weighted by Crippen LogP contribution is 2.25. The molecule has 0 unspecified atom stereocenters. The van der Waals surface area contributed by atoms with Crippen LogP contribution < -0.4 is 0 Å². The van der Waals surface area contributed by atoms with Gasteiger partial charge in [-0.15, -0.1) is 0 Å². The summed E-state index contributed by atoms with van der Waals surface area (Å²) in [6.45, 7) is 12.8. The van der Waals surface area contributed by atoms with Crippen molar-refractivity contribution in [3.63, 3.8) is 0 Å². The Kier molecular flexibility index (Phi) is 3.73. The molecule has 0 aliphatic carbocycles. The summed E-state index contributed by atoms with van der Waals surface area (Å²) in [5.74, 6) is 0. The molecule has 0 aromatic heterocycles. The molecule has 0 bridgehead atoms. The van der Waals surface area contributed by atoms with Crippen molar-refractivity contribution in [3.8, 4) is 0 Å². The molecular formula is C15H22. The molecule has 0 aliphatic rings. The number of hydrogen-bond acceptors (Lipinski definition) is 0. The van der Waals surface area contributed by atoms with E-state index in [1.54, 1.807) is 0 Å². The fourth-order valence-corrected chi connectivity index (χ4v) is 1.70. The minimum Gasteiger partial charge on any atom is -0.0985 e. The van der Waals surface area contributed by atoms with Gasteiger partial charge in [0.05, 0.1) is 0 Å². The van der Waals surface area contributed by atoms with Gasteiger partial charge in [-0.05, 0) is 28.5 Å². The topological polar surface area (TPSA) is 0 Å². The van der Waals surface area contributed by atoms with Gasteiger partial charge in [0.2, 0.25) is 0 Å². The van der Waals surface area contributed by atoms with Gasteiger partial charge in [-0.2, -0.15) is 0 Å². The Morgan fingerprint density at radius 3 is 2.33 bits per heavy atom. The zero-order chi connectivity index (χ0) is 11.5. The summed E-state index contributed by atoms with van der Waals surface area (Å²) >= 11 is 0. The molecule has 0 heterocycles. The monoisotopic (exact) mass is 202 g/mol. The molecule has 82 valence electrons. The summed E-state index contributed by atoms with van der Waals surface area (Å²) in [5, 5.41) is 0. The summed E-state index contributed by atoms with van der Waals surface area (Å²) in [6, 6.07) is 6.81. The van der Waals surface area contributed by atoms with E-state index in [4.69, 9.17) is 0 Å². The smallest absolute Gasteiger partial charge is 0.0132 e. The number of rotatable bonds is 3. The SMILES string of the molecule is C=Cc1cc(CCC)cc(C(C)(C)C)c1. The molecule has 1 aromatic rings. The van der Waals surface area contributed by atoms with E-state index in [1.165, 1.54) is 23.1 Å². The number of hydrogen-bond donors (Lipinski definition) is 0. The second-order valence-electron chi connectivity index (χ2n) is 5.17. The average molecular weight is 202 g/mol. The zero-order valence-electron chi connectivity index (χ0n) is 10.4. The quantitative estimate of drug-likeness (QED) is 0.673. The Morgan fingerprint density at radius 1 is 1.20 bits per heavy atom. The van der Waals surface area contributed by atoms with E-state index in [9.17, 15) is 0 Å². The largest absolute Gasteiger partial charge is 0.0985 e. The van der Waals surface area contributed by atoms with Crippen LogP contribution in [0.2, 0.25) is 0 Å². The first-order chi connectivity index (χ1) is 6.97. The maximum absolute atomic E-state index is 3.86. The second kappa shape index (κ2) is 4.65. The molecule has 1 rings (SSSR count). The van der Waals surface area contributed by atoms with Gasteiger partial charge in [-0.25, -0.2) is 0 Å². The second-order valence-corrected chi connectivity index (χ2v) is 5.17. The number of benzene rings is 1. The lowest BCUT2D eigenvalue weighted by Crippen LogP contribution is -2.11.